The van der Waals surface area contributed by atoms with Crippen molar-refractivity contribution in [1.29, 1.82) is 0 Å². The Labute approximate surface area is 218 Å². The molecule has 1 fully saturated rings. The van der Waals surface area contributed by atoms with Crippen molar-refractivity contribution in [1.82, 2.24) is 9.88 Å². The molecule has 9 heteroatoms. The highest BCUT2D eigenvalue weighted by molar-refractivity contribution is 5.95. The lowest BCUT2D eigenvalue weighted by molar-refractivity contribution is -0.137. The Bertz CT molecular complexity index is 1420. The number of ether oxygens (including phenoxy) is 1. The van der Waals surface area contributed by atoms with Crippen LogP contribution >= 0.6 is 0 Å². The summed E-state index contributed by atoms with van der Waals surface area (Å²) in [4.78, 5) is 24.4. The highest BCUT2D eigenvalue weighted by Gasteiger charge is 2.46. The van der Waals surface area contributed by atoms with E-state index >= 15 is 0 Å². The summed E-state index contributed by atoms with van der Waals surface area (Å²) in [7, 11) is 0. The van der Waals surface area contributed by atoms with Gasteiger partial charge in [0.15, 0.2) is 5.75 Å². The van der Waals surface area contributed by atoms with E-state index in [9.17, 15) is 22.8 Å². The number of nitrogens with one attached hydrogen (secondary N) is 1. The summed E-state index contributed by atoms with van der Waals surface area (Å²) in [6.07, 6.45) is -1.43. The molecule has 0 radical (unpaired) electrons. The second kappa shape index (κ2) is 11.0. The minimum Gasteiger partial charge on any atom is -0.478 e. The van der Waals surface area contributed by atoms with E-state index in [0.29, 0.717) is 24.1 Å². The number of rotatable bonds is 5. The standard InChI is InChI=1S/C26H19F3N2O4.C2H6.CH4/c27-26(28,29)19-8-10-20(11-9-19)35-21-3-1-2-16-12-15-31(22(16)21)24(34)30-25(13-14-25)18-6-4-17(5-7-18)23(32)33;1-2;/h1-12,15H,13-14H2,(H,30,34)(H,32,33);1-2H3;1H4. The summed E-state index contributed by atoms with van der Waals surface area (Å²) in [6, 6.07) is 17.3. The number of benzene rings is 3. The summed E-state index contributed by atoms with van der Waals surface area (Å²) in [5.74, 6) is -0.501. The molecule has 5 rings (SSSR count). The van der Waals surface area contributed by atoms with Crippen molar-refractivity contribution in [2.24, 2.45) is 0 Å². The van der Waals surface area contributed by atoms with E-state index in [2.05, 4.69) is 5.32 Å². The molecule has 0 atom stereocenters. The van der Waals surface area contributed by atoms with Crippen molar-refractivity contribution < 1.29 is 32.6 Å². The molecule has 0 unspecified atom stereocenters. The number of hydrogen-bond donors (Lipinski definition) is 2. The molecule has 1 heterocycles. The Kier molecular flexibility index (Phi) is 8.19. The van der Waals surface area contributed by atoms with Crippen LogP contribution in [0.3, 0.4) is 0 Å². The van der Waals surface area contributed by atoms with Gasteiger partial charge < -0.3 is 15.2 Å². The Morgan fingerprint density at radius 2 is 1.58 bits per heavy atom. The number of carbonyl (C=O) groups is 2. The first-order valence-corrected chi connectivity index (χ1v) is 11.8. The zero-order chi connectivity index (χ0) is 26.8. The average molecular weight is 527 g/mol. The highest BCUT2D eigenvalue weighted by Crippen LogP contribution is 2.46. The van der Waals surface area contributed by atoms with Gasteiger partial charge in [-0.15, -0.1) is 0 Å². The van der Waals surface area contributed by atoms with Crippen molar-refractivity contribution in [3.05, 3.63) is 95.7 Å². The molecule has 0 aliphatic heterocycles. The SMILES string of the molecule is C.CC.O=C(O)c1ccc(C2(NC(=O)n3ccc4cccc(Oc5ccc(C(F)(F)F)cc5)c43)CC2)cc1. The number of hydrogen-bond acceptors (Lipinski definition) is 3. The fourth-order valence-electron chi connectivity index (χ4n) is 4.06. The minimum absolute atomic E-state index is 0. The van der Waals surface area contributed by atoms with Crippen molar-refractivity contribution in [2.45, 2.75) is 45.8 Å². The van der Waals surface area contributed by atoms with Gasteiger partial charge in [-0.25, -0.2) is 9.59 Å². The minimum atomic E-state index is -4.45. The third kappa shape index (κ3) is 5.66. The van der Waals surface area contributed by atoms with Crippen molar-refractivity contribution in [2.75, 3.05) is 0 Å². The second-order valence-corrected chi connectivity index (χ2v) is 8.40. The fraction of sp³-hybridized carbons (Fsp3) is 0.241. The fourth-order valence-corrected chi connectivity index (χ4v) is 4.06. The number of para-hydroxylation sites is 1. The van der Waals surface area contributed by atoms with Gasteiger partial charge in [-0.3, -0.25) is 4.57 Å². The Morgan fingerprint density at radius 1 is 0.947 bits per heavy atom. The van der Waals surface area contributed by atoms with Gasteiger partial charge in [-0.05, 0) is 66.9 Å². The van der Waals surface area contributed by atoms with Crippen LogP contribution in [-0.4, -0.2) is 21.7 Å². The molecule has 6 nitrogen and oxygen atoms in total. The first kappa shape index (κ1) is 28.3. The number of carbonyl (C=O) groups excluding carboxylic acids is 1. The topological polar surface area (TPSA) is 80.6 Å². The largest absolute Gasteiger partial charge is 0.478 e. The van der Waals surface area contributed by atoms with Crippen LogP contribution in [0.15, 0.2) is 79.0 Å². The van der Waals surface area contributed by atoms with E-state index in [4.69, 9.17) is 9.84 Å². The van der Waals surface area contributed by atoms with Gasteiger partial charge in [0.2, 0.25) is 0 Å². The zero-order valence-corrected chi connectivity index (χ0v) is 20.2. The monoisotopic (exact) mass is 526 g/mol. The number of nitrogens with zero attached hydrogens (tertiary/aromatic N) is 1. The predicted octanol–water partition coefficient (Wildman–Crippen LogP) is 8.06. The maximum Gasteiger partial charge on any atom is 0.416 e. The van der Waals surface area contributed by atoms with Crippen LogP contribution in [0, 0.1) is 0 Å². The molecule has 0 saturated heterocycles. The van der Waals surface area contributed by atoms with Gasteiger partial charge in [0.25, 0.3) is 0 Å². The average Bonchev–Trinajstić information content (AvgIpc) is 3.53. The number of amides is 1. The van der Waals surface area contributed by atoms with Gasteiger partial charge in [-0.2, -0.15) is 13.2 Å². The molecule has 3 aromatic carbocycles. The van der Waals surface area contributed by atoms with Crippen molar-refractivity contribution in [3.63, 3.8) is 0 Å². The number of aromatic carboxylic acids is 1. The van der Waals surface area contributed by atoms with Gasteiger partial charge in [0.05, 0.1) is 22.2 Å². The van der Waals surface area contributed by atoms with Crippen LogP contribution < -0.4 is 10.1 Å². The van der Waals surface area contributed by atoms with Gasteiger partial charge >= 0.3 is 18.2 Å². The molecular formula is C29H29F3N2O4. The van der Waals surface area contributed by atoms with Gasteiger partial charge in [0.1, 0.15) is 5.75 Å². The molecule has 1 aliphatic carbocycles. The van der Waals surface area contributed by atoms with E-state index in [0.717, 1.165) is 23.1 Å². The van der Waals surface area contributed by atoms with Gasteiger partial charge in [0, 0.05) is 11.6 Å². The van der Waals surface area contributed by atoms with Crippen LogP contribution in [0.2, 0.25) is 0 Å². The molecule has 200 valence electrons. The number of fused-ring (bicyclic) bond motifs is 1. The zero-order valence-electron chi connectivity index (χ0n) is 20.2. The summed E-state index contributed by atoms with van der Waals surface area (Å²) < 4.78 is 45.8. The molecule has 1 aromatic heterocycles. The Morgan fingerprint density at radius 3 is 2.13 bits per heavy atom. The number of aromatic nitrogens is 1. The molecule has 0 spiro atoms. The van der Waals surface area contributed by atoms with Crippen molar-refractivity contribution >= 4 is 22.9 Å². The van der Waals surface area contributed by atoms with E-state index in [1.54, 1.807) is 42.6 Å². The molecular weight excluding hydrogens is 497 g/mol. The van der Waals surface area contributed by atoms with Crippen LogP contribution in [0.25, 0.3) is 10.9 Å². The molecule has 1 aliphatic rings. The van der Waals surface area contributed by atoms with Crippen molar-refractivity contribution in [3.8, 4) is 11.5 Å². The molecule has 38 heavy (non-hydrogen) atoms. The normalized spacial score (nSPS) is 13.5. The Hall–Kier alpha value is -4.27. The van der Waals surface area contributed by atoms with Gasteiger partial charge in [-0.1, -0.05) is 45.5 Å². The summed E-state index contributed by atoms with van der Waals surface area (Å²) in [5, 5.41) is 12.9. The Balaban J connectivity index is 0.00000130. The third-order valence-corrected chi connectivity index (χ3v) is 6.08. The summed E-state index contributed by atoms with van der Waals surface area (Å²) >= 11 is 0. The molecule has 1 saturated carbocycles. The lowest BCUT2D eigenvalue weighted by Crippen LogP contribution is -2.37. The van der Waals surface area contributed by atoms with Crippen LogP contribution in [0.5, 0.6) is 11.5 Å². The van der Waals surface area contributed by atoms with E-state index in [1.165, 1.54) is 28.8 Å². The number of halogens is 3. The maximum absolute atomic E-state index is 13.3. The first-order valence-electron chi connectivity index (χ1n) is 11.8. The molecule has 2 N–H and O–H groups in total. The van der Waals surface area contributed by atoms with E-state index < -0.39 is 29.3 Å². The number of carboxylic acids is 1. The molecule has 0 bridgehead atoms. The number of carboxylic acid groups (broad SMARTS) is 1. The molecule has 1 amide bonds. The van der Waals surface area contributed by atoms with E-state index in [1.807, 2.05) is 13.8 Å². The summed E-state index contributed by atoms with van der Waals surface area (Å²) in [6.45, 7) is 4.00. The van der Waals surface area contributed by atoms with E-state index in [-0.39, 0.29) is 18.7 Å². The quantitative estimate of drug-likeness (QED) is 0.276. The number of alkyl halides is 3. The predicted molar refractivity (Wildman–Crippen MR) is 140 cm³/mol. The lowest BCUT2D eigenvalue weighted by atomic mass is 10.0. The van der Waals surface area contributed by atoms with Crippen LogP contribution in [0.4, 0.5) is 18.0 Å². The first-order chi connectivity index (χ1) is 17.7. The summed E-state index contributed by atoms with van der Waals surface area (Å²) in [5.41, 5.74) is 0.0817. The van der Waals surface area contributed by atoms with Crippen LogP contribution in [0.1, 0.15) is 55.6 Å². The van der Waals surface area contributed by atoms with Crippen LogP contribution in [-0.2, 0) is 11.7 Å². The molecule has 4 aromatic rings. The smallest absolute Gasteiger partial charge is 0.416 e. The highest BCUT2D eigenvalue weighted by atomic mass is 19.4. The lowest BCUT2D eigenvalue weighted by Gasteiger charge is -2.19. The second-order valence-electron chi connectivity index (χ2n) is 8.40. The third-order valence-electron chi connectivity index (χ3n) is 6.08. The maximum atomic E-state index is 13.3.